The normalized spacial score (nSPS) is 10.9. The second-order valence-corrected chi connectivity index (χ2v) is 6.57. The lowest BCUT2D eigenvalue weighted by Crippen LogP contribution is -2.08. The Morgan fingerprint density at radius 2 is 1.82 bits per heavy atom. The Hall–Kier alpha value is -3.28. The quantitative estimate of drug-likeness (QED) is 0.368. The highest BCUT2D eigenvalue weighted by molar-refractivity contribution is 6.17. The first-order valence-electron chi connectivity index (χ1n) is 9.24. The summed E-state index contributed by atoms with van der Waals surface area (Å²) >= 11 is 0. The average Bonchev–Trinajstić information content (AvgIpc) is 2.95. The molecule has 6 nitrogen and oxygen atoms in total. The van der Waals surface area contributed by atoms with Crippen LogP contribution in [-0.4, -0.2) is 33.1 Å². The summed E-state index contributed by atoms with van der Waals surface area (Å²) < 4.78 is 7.00. The van der Waals surface area contributed by atoms with Crippen molar-refractivity contribution < 1.29 is 24.5 Å². The molecule has 0 fully saturated rings. The largest absolute Gasteiger partial charge is 0.504 e. The number of benzene rings is 2. The highest BCUT2D eigenvalue weighted by Crippen LogP contribution is 2.31. The molecule has 0 bridgehead atoms. The van der Waals surface area contributed by atoms with Crippen LogP contribution in [0.25, 0.3) is 10.9 Å². The average molecular weight is 381 g/mol. The lowest BCUT2D eigenvalue weighted by Gasteiger charge is -2.09. The van der Waals surface area contributed by atoms with Gasteiger partial charge in [-0.3, -0.25) is 9.59 Å². The minimum atomic E-state index is -0.332. The van der Waals surface area contributed by atoms with Gasteiger partial charge in [-0.2, -0.15) is 0 Å². The van der Waals surface area contributed by atoms with Crippen LogP contribution in [-0.2, 0) is 16.1 Å². The maximum absolute atomic E-state index is 13.1. The predicted octanol–water partition coefficient (Wildman–Crippen LogP) is 3.94. The van der Waals surface area contributed by atoms with Crippen molar-refractivity contribution in [1.82, 2.24) is 4.57 Å². The molecule has 0 amide bonds. The number of carbonyl (C=O) groups is 2. The molecule has 146 valence electrons. The number of aromatic hydroxyl groups is 2. The third-order valence-corrected chi connectivity index (χ3v) is 4.76. The standard InChI is InChI=1S/C22H23NO5/c1-3-28-20(26)9-6-12-23-14(2)21(16-7-4-5-8-17(16)23)22(27)15-10-11-18(24)19(25)13-15/h4-5,7-8,10-11,13,24-25H,3,6,9,12H2,1-2H3. The van der Waals surface area contributed by atoms with Gasteiger partial charge in [-0.25, -0.2) is 0 Å². The molecule has 6 heteroatoms. The van der Waals surface area contributed by atoms with Crippen molar-refractivity contribution in [3.05, 3.63) is 59.3 Å². The van der Waals surface area contributed by atoms with Crippen molar-refractivity contribution >= 4 is 22.7 Å². The minimum absolute atomic E-state index is 0.229. The lowest BCUT2D eigenvalue weighted by molar-refractivity contribution is -0.143. The van der Waals surface area contributed by atoms with Crippen LogP contribution in [0, 0.1) is 6.92 Å². The number of aromatic nitrogens is 1. The van der Waals surface area contributed by atoms with E-state index in [1.54, 1.807) is 6.92 Å². The second-order valence-electron chi connectivity index (χ2n) is 6.57. The molecule has 0 aliphatic carbocycles. The van der Waals surface area contributed by atoms with Crippen molar-refractivity contribution in [1.29, 1.82) is 0 Å². The SMILES string of the molecule is CCOC(=O)CCCn1c(C)c(C(=O)c2ccc(O)c(O)c2)c2ccccc21. The van der Waals surface area contributed by atoms with Gasteiger partial charge in [-0.1, -0.05) is 18.2 Å². The fourth-order valence-corrected chi connectivity index (χ4v) is 3.43. The van der Waals surface area contributed by atoms with E-state index in [4.69, 9.17) is 4.74 Å². The minimum Gasteiger partial charge on any atom is -0.504 e. The third kappa shape index (κ3) is 3.71. The van der Waals surface area contributed by atoms with Gasteiger partial charge in [0.2, 0.25) is 0 Å². The monoisotopic (exact) mass is 381 g/mol. The molecular weight excluding hydrogens is 358 g/mol. The number of carbonyl (C=O) groups excluding carboxylic acids is 2. The van der Waals surface area contributed by atoms with Gasteiger partial charge in [0.05, 0.1) is 12.2 Å². The molecule has 0 aliphatic rings. The molecule has 0 saturated heterocycles. The first kappa shape index (κ1) is 19.5. The van der Waals surface area contributed by atoms with E-state index in [1.165, 1.54) is 18.2 Å². The second kappa shape index (κ2) is 8.17. The van der Waals surface area contributed by atoms with Crippen LogP contribution in [0.15, 0.2) is 42.5 Å². The van der Waals surface area contributed by atoms with Crippen LogP contribution in [0.4, 0.5) is 0 Å². The Morgan fingerprint density at radius 1 is 1.07 bits per heavy atom. The first-order valence-corrected chi connectivity index (χ1v) is 9.24. The molecular formula is C22H23NO5. The molecule has 0 radical (unpaired) electrons. The smallest absolute Gasteiger partial charge is 0.305 e. The number of phenols is 2. The van der Waals surface area contributed by atoms with Crippen LogP contribution in [0.1, 0.15) is 41.4 Å². The van der Waals surface area contributed by atoms with Crippen LogP contribution < -0.4 is 0 Å². The molecule has 28 heavy (non-hydrogen) atoms. The number of esters is 1. The molecule has 0 atom stereocenters. The Labute approximate surface area is 163 Å². The van der Waals surface area contributed by atoms with E-state index in [0.29, 0.717) is 37.1 Å². The Kier molecular flexibility index (Phi) is 5.68. The summed E-state index contributed by atoms with van der Waals surface area (Å²) in [6.45, 7) is 4.60. The number of hydrogen-bond donors (Lipinski definition) is 2. The van der Waals surface area contributed by atoms with Crippen molar-refractivity contribution in [3.8, 4) is 11.5 Å². The number of hydrogen-bond acceptors (Lipinski definition) is 5. The van der Waals surface area contributed by atoms with Gasteiger partial charge in [0, 0.05) is 35.1 Å². The third-order valence-electron chi connectivity index (χ3n) is 4.76. The molecule has 3 rings (SSSR count). The summed E-state index contributed by atoms with van der Waals surface area (Å²) in [4.78, 5) is 24.8. The molecule has 1 heterocycles. The Bertz CT molecular complexity index is 1030. The van der Waals surface area contributed by atoms with Crippen molar-refractivity contribution in [2.24, 2.45) is 0 Å². The summed E-state index contributed by atoms with van der Waals surface area (Å²) in [5.74, 6) is -1.06. The fraction of sp³-hybridized carbons (Fsp3) is 0.273. The van der Waals surface area contributed by atoms with Crippen molar-refractivity contribution in [2.45, 2.75) is 33.2 Å². The Balaban J connectivity index is 1.97. The zero-order valence-corrected chi connectivity index (χ0v) is 15.9. The summed E-state index contributed by atoms with van der Waals surface area (Å²) in [6, 6.07) is 11.7. The number of para-hydroxylation sites is 1. The van der Waals surface area contributed by atoms with Crippen molar-refractivity contribution in [3.63, 3.8) is 0 Å². The van der Waals surface area contributed by atoms with Gasteiger partial charge < -0.3 is 19.5 Å². The van der Waals surface area contributed by atoms with E-state index >= 15 is 0 Å². The van der Waals surface area contributed by atoms with Crippen LogP contribution >= 0.6 is 0 Å². The molecule has 0 spiro atoms. The number of phenolic OH excluding ortho intramolecular Hbond substituents is 2. The number of ether oxygens (including phenoxy) is 1. The number of nitrogens with zero attached hydrogens (tertiary/aromatic N) is 1. The molecule has 0 aliphatic heterocycles. The molecule has 2 aromatic carbocycles. The molecule has 0 unspecified atom stereocenters. The highest BCUT2D eigenvalue weighted by Gasteiger charge is 2.21. The van der Waals surface area contributed by atoms with E-state index in [0.717, 1.165) is 16.6 Å². The number of ketones is 1. The van der Waals surface area contributed by atoms with E-state index in [1.807, 2.05) is 35.8 Å². The zero-order valence-electron chi connectivity index (χ0n) is 15.9. The summed E-state index contributed by atoms with van der Waals surface area (Å²) in [6.07, 6.45) is 0.918. The topological polar surface area (TPSA) is 88.8 Å². The van der Waals surface area contributed by atoms with E-state index in [9.17, 15) is 19.8 Å². The first-order chi connectivity index (χ1) is 13.4. The Morgan fingerprint density at radius 3 is 2.54 bits per heavy atom. The van der Waals surface area contributed by atoms with Gasteiger partial charge >= 0.3 is 5.97 Å². The van der Waals surface area contributed by atoms with Gasteiger partial charge in [0.25, 0.3) is 0 Å². The van der Waals surface area contributed by atoms with Crippen LogP contribution in [0.5, 0.6) is 11.5 Å². The predicted molar refractivity (Wildman–Crippen MR) is 106 cm³/mol. The van der Waals surface area contributed by atoms with Gasteiger partial charge in [0.1, 0.15) is 0 Å². The van der Waals surface area contributed by atoms with Gasteiger partial charge in [-0.05, 0) is 44.5 Å². The van der Waals surface area contributed by atoms with Gasteiger partial charge in [-0.15, -0.1) is 0 Å². The molecule has 3 aromatic rings. The van der Waals surface area contributed by atoms with E-state index < -0.39 is 0 Å². The molecule has 2 N–H and O–H groups in total. The molecule has 0 saturated carbocycles. The van der Waals surface area contributed by atoms with Crippen molar-refractivity contribution in [2.75, 3.05) is 6.61 Å². The van der Waals surface area contributed by atoms with E-state index in [-0.39, 0.29) is 23.3 Å². The molecule has 1 aromatic heterocycles. The number of fused-ring (bicyclic) bond motifs is 1. The summed E-state index contributed by atoms with van der Waals surface area (Å²) in [5, 5.41) is 20.1. The summed E-state index contributed by atoms with van der Waals surface area (Å²) in [5.41, 5.74) is 2.56. The maximum atomic E-state index is 13.1. The summed E-state index contributed by atoms with van der Waals surface area (Å²) in [7, 11) is 0. The number of rotatable bonds is 7. The maximum Gasteiger partial charge on any atom is 0.305 e. The lowest BCUT2D eigenvalue weighted by atomic mass is 10.00. The highest BCUT2D eigenvalue weighted by atomic mass is 16.5. The van der Waals surface area contributed by atoms with Gasteiger partial charge in [0.15, 0.2) is 17.3 Å². The van der Waals surface area contributed by atoms with Crippen LogP contribution in [0.2, 0.25) is 0 Å². The van der Waals surface area contributed by atoms with E-state index in [2.05, 4.69) is 0 Å². The zero-order chi connectivity index (χ0) is 20.3. The number of aryl methyl sites for hydroxylation is 1. The van der Waals surface area contributed by atoms with Crippen LogP contribution in [0.3, 0.4) is 0 Å². The fourth-order valence-electron chi connectivity index (χ4n) is 3.43.